The zero-order valence-corrected chi connectivity index (χ0v) is 12.4. The number of ether oxygens (including phenoxy) is 1. The topological polar surface area (TPSA) is 64.3 Å². The number of carbonyl (C=O) groups is 1. The molecule has 3 N–H and O–H groups in total. The summed E-state index contributed by atoms with van der Waals surface area (Å²) in [7, 11) is 0. The van der Waals surface area contributed by atoms with Crippen molar-refractivity contribution < 1.29 is 9.53 Å². The molecular weight excluding hydrogens is 264 g/mol. The lowest BCUT2D eigenvalue weighted by Gasteiger charge is -2.11. The number of nitrogens with one attached hydrogen (secondary N) is 1. The molecule has 0 bridgehead atoms. The predicted molar refractivity (Wildman–Crippen MR) is 83.9 cm³/mol. The van der Waals surface area contributed by atoms with E-state index < -0.39 is 0 Å². The van der Waals surface area contributed by atoms with Crippen LogP contribution in [0.1, 0.15) is 36.8 Å². The molecule has 1 heterocycles. The maximum absolute atomic E-state index is 12.1. The van der Waals surface area contributed by atoms with Gasteiger partial charge in [0.1, 0.15) is 0 Å². The van der Waals surface area contributed by atoms with Crippen molar-refractivity contribution in [1.29, 1.82) is 0 Å². The standard InChI is InChI=1S/C17H22N2O2/c1-13-6-7-14(4-2-10-18)16(12-13)19-17(20)9-8-15-5-3-11-21-15/h6-7,12,15H,3,5,8-11,18H2,1H3,(H,19,20). The molecule has 1 amide bonds. The zero-order chi connectivity index (χ0) is 15.1. The molecule has 0 spiro atoms. The van der Waals surface area contributed by atoms with Crippen molar-refractivity contribution in [2.75, 3.05) is 18.5 Å². The average molecular weight is 286 g/mol. The van der Waals surface area contributed by atoms with Crippen molar-refractivity contribution in [2.24, 2.45) is 5.73 Å². The van der Waals surface area contributed by atoms with Gasteiger partial charge in [0.2, 0.25) is 5.91 Å². The van der Waals surface area contributed by atoms with Crippen LogP contribution in [0.5, 0.6) is 0 Å². The number of nitrogens with two attached hydrogens (primary N) is 1. The number of aryl methyl sites for hydroxylation is 1. The van der Waals surface area contributed by atoms with E-state index in [1.54, 1.807) is 0 Å². The maximum atomic E-state index is 12.1. The third-order valence-electron chi connectivity index (χ3n) is 3.49. The van der Waals surface area contributed by atoms with Gasteiger partial charge in [0.15, 0.2) is 0 Å². The summed E-state index contributed by atoms with van der Waals surface area (Å²) in [5, 5.41) is 2.95. The Morgan fingerprint density at radius 3 is 3.10 bits per heavy atom. The Morgan fingerprint density at radius 1 is 1.52 bits per heavy atom. The zero-order valence-electron chi connectivity index (χ0n) is 12.4. The summed E-state index contributed by atoms with van der Waals surface area (Å²) in [5.74, 6) is 5.82. The molecule has 0 aromatic heterocycles. The van der Waals surface area contributed by atoms with Gasteiger partial charge >= 0.3 is 0 Å². The van der Waals surface area contributed by atoms with Crippen LogP contribution in [0, 0.1) is 18.8 Å². The van der Waals surface area contributed by atoms with E-state index >= 15 is 0 Å². The van der Waals surface area contributed by atoms with Gasteiger partial charge in [0.05, 0.1) is 18.3 Å². The van der Waals surface area contributed by atoms with Gasteiger partial charge in [-0.25, -0.2) is 0 Å². The summed E-state index contributed by atoms with van der Waals surface area (Å²) in [6.45, 7) is 3.12. The minimum atomic E-state index is 0.00639. The maximum Gasteiger partial charge on any atom is 0.224 e. The Kier molecular flexibility index (Phi) is 5.79. The first-order chi connectivity index (χ1) is 10.2. The van der Waals surface area contributed by atoms with Crippen LogP contribution in [-0.2, 0) is 9.53 Å². The molecule has 1 aromatic carbocycles. The van der Waals surface area contributed by atoms with Gasteiger partial charge in [0, 0.05) is 18.6 Å². The van der Waals surface area contributed by atoms with Crippen LogP contribution in [0.4, 0.5) is 5.69 Å². The van der Waals surface area contributed by atoms with Crippen molar-refractivity contribution in [2.45, 2.75) is 38.7 Å². The second-order valence-corrected chi connectivity index (χ2v) is 5.28. The normalized spacial score (nSPS) is 17.1. The minimum absolute atomic E-state index is 0.00639. The van der Waals surface area contributed by atoms with E-state index in [0.29, 0.717) is 13.0 Å². The number of amides is 1. The third kappa shape index (κ3) is 4.89. The van der Waals surface area contributed by atoms with Gasteiger partial charge in [-0.15, -0.1) is 0 Å². The second-order valence-electron chi connectivity index (χ2n) is 5.28. The summed E-state index contributed by atoms with van der Waals surface area (Å²) in [5.41, 5.74) is 8.05. The van der Waals surface area contributed by atoms with E-state index in [2.05, 4.69) is 17.2 Å². The highest BCUT2D eigenvalue weighted by Crippen LogP contribution is 2.19. The van der Waals surface area contributed by atoms with Gasteiger partial charge < -0.3 is 15.8 Å². The molecule has 4 heteroatoms. The summed E-state index contributed by atoms with van der Waals surface area (Å²) in [4.78, 5) is 12.1. The first-order valence-corrected chi connectivity index (χ1v) is 7.40. The first kappa shape index (κ1) is 15.6. The fourth-order valence-electron chi connectivity index (χ4n) is 2.39. The number of carbonyl (C=O) groups excluding carboxylic acids is 1. The smallest absolute Gasteiger partial charge is 0.224 e. The third-order valence-corrected chi connectivity index (χ3v) is 3.49. The van der Waals surface area contributed by atoms with Crippen LogP contribution < -0.4 is 11.1 Å². The Balaban J connectivity index is 1.96. The summed E-state index contributed by atoms with van der Waals surface area (Å²) < 4.78 is 5.53. The van der Waals surface area contributed by atoms with Crippen molar-refractivity contribution >= 4 is 11.6 Å². The summed E-state index contributed by atoms with van der Waals surface area (Å²) in [6.07, 6.45) is 3.65. The van der Waals surface area contributed by atoms with Crippen LogP contribution >= 0.6 is 0 Å². The van der Waals surface area contributed by atoms with Gasteiger partial charge in [-0.2, -0.15) is 0 Å². The monoisotopic (exact) mass is 286 g/mol. The molecule has 1 aliphatic rings. The first-order valence-electron chi connectivity index (χ1n) is 7.40. The van der Waals surface area contributed by atoms with E-state index in [-0.39, 0.29) is 12.0 Å². The van der Waals surface area contributed by atoms with Gasteiger partial charge in [-0.3, -0.25) is 4.79 Å². The van der Waals surface area contributed by atoms with Gasteiger partial charge in [0.25, 0.3) is 0 Å². The van der Waals surface area contributed by atoms with Crippen molar-refractivity contribution in [1.82, 2.24) is 0 Å². The number of hydrogen-bond acceptors (Lipinski definition) is 3. The largest absolute Gasteiger partial charge is 0.378 e. The van der Waals surface area contributed by atoms with Gasteiger partial charge in [-0.1, -0.05) is 17.9 Å². The van der Waals surface area contributed by atoms with E-state index in [9.17, 15) is 4.79 Å². The molecular formula is C17H22N2O2. The molecule has 1 atom stereocenters. The average Bonchev–Trinajstić information content (AvgIpc) is 2.98. The SMILES string of the molecule is Cc1ccc(C#CCN)c(NC(=O)CCC2CCCO2)c1. The summed E-state index contributed by atoms with van der Waals surface area (Å²) >= 11 is 0. The number of rotatable bonds is 4. The molecule has 1 aliphatic heterocycles. The van der Waals surface area contributed by atoms with E-state index in [0.717, 1.165) is 42.7 Å². The van der Waals surface area contributed by atoms with Crippen LogP contribution in [0.15, 0.2) is 18.2 Å². The molecule has 0 radical (unpaired) electrons. The fourth-order valence-corrected chi connectivity index (χ4v) is 2.39. The molecule has 1 aromatic rings. The fraction of sp³-hybridized carbons (Fsp3) is 0.471. The quantitative estimate of drug-likeness (QED) is 0.834. The van der Waals surface area contributed by atoms with Crippen molar-refractivity contribution in [3.05, 3.63) is 29.3 Å². The van der Waals surface area contributed by atoms with Crippen LogP contribution in [0.25, 0.3) is 0 Å². The highest BCUT2D eigenvalue weighted by molar-refractivity contribution is 5.92. The van der Waals surface area contributed by atoms with Gasteiger partial charge in [-0.05, 0) is 43.9 Å². The lowest BCUT2D eigenvalue weighted by atomic mass is 10.1. The predicted octanol–water partition coefficient (Wildman–Crippen LogP) is 2.20. The Morgan fingerprint density at radius 2 is 2.38 bits per heavy atom. The molecule has 0 aliphatic carbocycles. The Bertz CT molecular complexity index is 552. The van der Waals surface area contributed by atoms with E-state index in [1.807, 2.05) is 25.1 Å². The highest BCUT2D eigenvalue weighted by atomic mass is 16.5. The molecule has 1 unspecified atom stereocenters. The number of anilines is 1. The molecule has 0 saturated carbocycles. The van der Waals surface area contributed by atoms with Crippen molar-refractivity contribution in [3.63, 3.8) is 0 Å². The lowest BCUT2D eigenvalue weighted by molar-refractivity contribution is -0.116. The number of hydrogen-bond donors (Lipinski definition) is 2. The number of benzene rings is 1. The summed E-state index contributed by atoms with van der Waals surface area (Å²) in [6, 6.07) is 5.82. The Labute approximate surface area is 126 Å². The van der Waals surface area contributed by atoms with E-state index in [4.69, 9.17) is 10.5 Å². The molecule has 1 fully saturated rings. The van der Waals surface area contributed by atoms with Crippen LogP contribution in [-0.4, -0.2) is 25.2 Å². The van der Waals surface area contributed by atoms with Crippen molar-refractivity contribution in [3.8, 4) is 11.8 Å². The molecule has 2 rings (SSSR count). The molecule has 112 valence electrons. The van der Waals surface area contributed by atoms with E-state index in [1.165, 1.54) is 0 Å². The van der Waals surface area contributed by atoms with Crippen LogP contribution in [0.2, 0.25) is 0 Å². The Hall–Kier alpha value is -1.83. The second kappa shape index (κ2) is 7.82. The highest BCUT2D eigenvalue weighted by Gasteiger charge is 2.17. The minimum Gasteiger partial charge on any atom is -0.378 e. The molecule has 4 nitrogen and oxygen atoms in total. The molecule has 1 saturated heterocycles. The molecule has 21 heavy (non-hydrogen) atoms. The van der Waals surface area contributed by atoms with Crippen LogP contribution in [0.3, 0.4) is 0 Å². The lowest BCUT2D eigenvalue weighted by Crippen LogP contribution is -2.16.